The van der Waals surface area contributed by atoms with Crippen molar-refractivity contribution in [3.63, 3.8) is 0 Å². The number of carbonyl (C=O) groups excluding carboxylic acids is 1. The van der Waals surface area contributed by atoms with Crippen LogP contribution in [0.2, 0.25) is 0 Å². The van der Waals surface area contributed by atoms with Crippen LogP contribution >= 0.6 is 0 Å². The number of hydrogen-bond acceptors (Lipinski definition) is 3. The maximum Gasteiger partial charge on any atom is 0.341 e. The van der Waals surface area contributed by atoms with Crippen LogP contribution in [0.5, 0.6) is 0 Å². The van der Waals surface area contributed by atoms with E-state index in [1.165, 1.54) is 6.92 Å². The summed E-state index contributed by atoms with van der Waals surface area (Å²) in [5.74, 6) is -5.92. The molecule has 0 spiro atoms. The van der Waals surface area contributed by atoms with Crippen molar-refractivity contribution in [3.8, 4) is 0 Å². The molecule has 0 saturated carbocycles. The van der Waals surface area contributed by atoms with E-state index in [9.17, 15) is 23.1 Å². The predicted molar refractivity (Wildman–Crippen MR) is 52.9 cm³/mol. The van der Waals surface area contributed by atoms with Crippen LogP contribution in [0.3, 0.4) is 0 Å². The molecule has 0 aromatic heterocycles. The zero-order valence-corrected chi connectivity index (χ0v) is 8.99. The van der Waals surface area contributed by atoms with Gasteiger partial charge in [-0.05, 0) is 19.1 Å². The van der Waals surface area contributed by atoms with Crippen molar-refractivity contribution >= 4 is 5.97 Å². The summed E-state index contributed by atoms with van der Waals surface area (Å²) in [6, 6.07) is 3.25. The van der Waals surface area contributed by atoms with Crippen molar-refractivity contribution in [2.24, 2.45) is 0 Å². The minimum atomic E-state index is -3.82. The number of benzene rings is 1. The number of halogens is 3. The number of alkyl halides is 2. The maximum absolute atomic E-state index is 13.6. The first-order chi connectivity index (χ1) is 7.89. The van der Waals surface area contributed by atoms with Gasteiger partial charge in [0, 0.05) is 5.56 Å². The lowest BCUT2D eigenvalue weighted by molar-refractivity contribution is -0.178. The smallest absolute Gasteiger partial charge is 0.341 e. The fraction of sp³-hybridized carbons (Fsp3) is 0.364. The molecule has 1 rings (SSSR count). The van der Waals surface area contributed by atoms with E-state index in [0.717, 1.165) is 24.3 Å². The van der Waals surface area contributed by atoms with Gasteiger partial charge in [0.05, 0.1) is 6.61 Å². The predicted octanol–water partition coefficient (Wildman–Crippen LogP) is 1.84. The molecule has 17 heavy (non-hydrogen) atoms. The highest BCUT2D eigenvalue weighted by Crippen LogP contribution is 2.32. The topological polar surface area (TPSA) is 46.5 Å². The Morgan fingerprint density at radius 2 is 1.94 bits per heavy atom. The van der Waals surface area contributed by atoms with Gasteiger partial charge in [-0.25, -0.2) is 9.18 Å². The van der Waals surface area contributed by atoms with Gasteiger partial charge >= 0.3 is 11.9 Å². The van der Waals surface area contributed by atoms with Crippen LogP contribution in [0.25, 0.3) is 0 Å². The van der Waals surface area contributed by atoms with Crippen molar-refractivity contribution in [3.05, 3.63) is 35.6 Å². The zero-order valence-electron chi connectivity index (χ0n) is 8.99. The molecule has 1 N–H and O–H groups in total. The molecule has 0 saturated heterocycles. The highest BCUT2D eigenvalue weighted by atomic mass is 19.3. The van der Waals surface area contributed by atoms with Crippen LogP contribution in [0.1, 0.15) is 12.5 Å². The van der Waals surface area contributed by atoms with Crippen LogP contribution in [0.4, 0.5) is 13.2 Å². The van der Waals surface area contributed by atoms with Crippen LogP contribution in [-0.4, -0.2) is 23.8 Å². The summed E-state index contributed by atoms with van der Waals surface area (Å²) in [4.78, 5) is 11.0. The Balaban J connectivity index is 2.93. The Morgan fingerprint density at radius 3 is 2.41 bits per heavy atom. The standard InChI is InChI=1S/C11H11F3O3/c1-2-17-10(16)9(15)11(13,14)7-3-5-8(12)6-4-7/h3-6,9,15H,2H2,1H3. The molecular formula is C11H11F3O3. The lowest BCUT2D eigenvalue weighted by Crippen LogP contribution is -2.39. The lowest BCUT2D eigenvalue weighted by atomic mass is 10.0. The Kier molecular flexibility index (Phi) is 4.11. The SMILES string of the molecule is CCOC(=O)C(O)C(F)(F)c1ccc(F)cc1. The van der Waals surface area contributed by atoms with Crippen molar-refractivity contribution in [2.45, 2.75) is 19.0 Å². The van der Waals surface area contributed by atoms with E-state index in [2.05, 4.69) is 4.74 Å². The Labute approximate surface area is 95.8 Å². The van der Waals surface area contributed by atoms with Crippen molar-refractivity contribution in [2.75, 3.05) is 6.61 Å². The number of aliphatic hydroxyl groups excluding tert-OH is 1. The quantitative estimate of drug-likeness (QED) is 0.827. The first kappa shape index (κ1) is 13.5. The molecule has 1 atom stereocenters. The number of carbonyl (C=O) groups is 1. The average Bonchev–Trinajstić information content (AvgIpc) is 2.29. The molecule has 0 aliphatic rings. The van der Waals surface area contributed by atoms with E-state index >= 15 is 0 Å². The second-order valence-electron chi connectivity index (χ2n) is 3.28. The number of aliphatic hydroxyl groups is 1. The number of hydrogen-bond donors (Lipinski definition) is 1. The van der Waals surface area contributed by atoms with Crippen LogP contribution in [-0.2, 0) is 15.5 Å². The first-order valence-electron chi connectivity index (χ1n) is 4.88. The molecule has 0 bridgehead atoms. The Morgan fingerprint density at radius 1 is 1.41 bits per heavy atom. The molecule has 0 heterocycles. The van der Waals surface area contributed by atoms with Crippen LogP contribution in [0, 0.1) is 5.82 Å². The summed E-state index contributed by atoms with van der Waals surface area (Å²) in [6.07, 6.45) is -2.60. The van der Waals surface area contributed by atoms with E-state index < -0.39 is 29.4 Å². The van der Waals surface area contributed by atoms with Gasteiger partial charge in [0.1, 0.15) is 5.82 Å². The summed E-state index contributed by atoms with van der Waals surface area (Å²) in [5.41, 5.74) is -0.653. The highest BCUT2D eigenvalue weighted by Gasteiger charge is 2.45. The molecule has 0 aliphatic heterocycles. The molecular weight excluding hydrogens is 237 g/mol. The molecule has 0 fully saturated rings. The van der Waals surface area contributed by atoms with E-state index in [4.69, 9.17) is 0 Å². The summed E-state index contributed by atoms with van der Waals surface area (Å²) in [5, 5.41) is 9.18. The molecule has 94 valence electrons. The monoisotopic (exact) mass is 248 g/mol. The van der Waals surface area contributed by atoms with Crippen LogP contribution in [0.15, 0.2) is 24.3 Å². The second kappa shape index (κ2) is 5.18. The summed E-state index contributed by atoms with van der Waals surface area (Å²) in [7, 11) is 0. The number of ether oxygens (including phenoxy) is 1. The lowest BCUT2D eigenvalue weighted by Gasteiger charge is -2.21. The van der Waals surface area contributed by atoms with Crippen molar-refractivity contribution in [1.82, 2.24) is 0 Å². The normalized spacial score (nSPS) is 13.2. The molecule has 1 aromatic carbocycles. The van der Waals surface area contributed by atoms with Crippen molar-refractivity contribution in [1.29, 1.82) is 0 Å². The minimum absolute atomic E-state index is 0.116. The fourth-order valence-electron chi connectivity index (χ4n) is 1.20. The third kappa shape index (κ3) is 2.97. The van der Waals surface area contributed by atoms with Crippen LogP contribution < -0.4 is 0 Å². The van der Waals surface area contributed by atoms with Gasteiger partial charge in [-0.3, -0.25) is 0 Å². The first-order valence-corrected chi connectivity index (χ1v) is 4.88. The van der Waals surface area contributed by atoms with Gasteiger partial charge in [0.2, 0.25) is 6.10 Å². The van der Waals surface area contributed by atoms with Gasteiger partial charge in [-0.1, -0.05) is 12.1 Å². The molecule has 3 nitrogen and oxygen atoms in total. The van der Waals surface area contributed by atoms with Crippen molar-refractivity contribution < 1.29 is 27.8 Å². The van der Waals surface area contributed by atoms with Gasteiger partial charge in [-0.2, -0.15) is 8.78 Å². The minimum Gasteiger partial charge on any atom is -0.464 e. The molecule has 0 aliphatic carbocycles. The molecule has 0 amide bonds. The zero-order chi connectivity index (χ0) is 13.1. The van der Waals surface area contributed by atoms with Gasteiger partial charge in [0.25, 0.3) is 0 Å². The summed E-state index contributed by atoms with van der Waals surface area (Å²) >= 11 is 0. The van der Waals surface area contributed by atoms with E-state index in [1.807, 2.05) is 0 Å². The molecule has 0 radical (unpaired) electrons. The maximum atomic E-state index is 13.6. The van der Waals surface area contributed by atoms with E-state index in [-0.39, 0.29) is 6.61 Å². The molecule has 1 aromatic rings. The van der Waals surface area contributed by atoms with Gasteiger partial charge in [-0.15, -0.1) is 0 Å². The number of rotatable bonds is 4. The summed E-state index contributed by atoms with van der Waals surface area (Å²) in [6.45, 7) is 1.32. The Hall–Kier alpha value is -1.56. The van der Waals surface area contributed by atoms with Gasteiger partial charge < -0.3 is 9.84 Å². The Bertz CT molecular complexity index is 389. The van der Waals surface area contributed by atoms with E-state index in [1.54, 1.807) is 0 Å². The second-order valence-corrected chi connectivity index (χ2v) is 3.28. The van der Waals surface area contributed by atoms with E-state index in [0.29, 0.717) is 0 Å². The average molecular weight is 248 g/mol. The fourth-order valence-corrected chi connectivity index (χ4v) is 1.20. The number of esters is 1. The van der Waals surface area contributed by atoms with Gasteiger partial charge in [0.15, 0.2) is 0 Å². The third-order valence-electron chi connectivity index (χ3n) is 2.08. The molecule has 6 heteroatoms. The largest absolute Gasteiger partial charge is 0.464 e. The summed E-state index contributed by atoms with van der Waals surface area (Å²) < 4.78 is 44.0. The third-order valence-corrected chi connectivity index (χ3v) is 2.08. The molecule has 1 unspecified atom stereocenters. The highest BCUT2D eigenvalue weighted by molar-refractivity contribution is 5.76.